The lowest BCUT2D eigenvalue weighted by Crippen LogP contribution is -2.15. The quantitative estimate of drug-likeness (QED) is 0.555. The van der Waals surface area contributed by atoms with Crippen molar-refractivity contribution in [2.45, 2.75) is 25.6 Å². The van der Waals surface area contributed by atoms with Gasteiger partial charge in [0.1, 0.15) is 7.11 Å². The maximum atomic E-state index is 9.60. The second-order valence-corrected chi connectivity index (χ2v) is 3.70. The first-order valence-electron chi connectivity index (χ1n) is 5.67. The molecular formula is C13H19NO3. The van der Waals surface area contributed by atoms with Crippen LogP contribution in [-0.4, -0.2) is 31.1 Å². The Labute approximate surface area is 102 Å². The van der Waals surface area contributed by atoms with E-state index in [1.165, 1.54) is 7.11 Å². The third kappa shape index (κ3) is 6.71. The van der Waals surface area contributed by atoms with Crippen LogP contribution in [0.25, 0.3) is 0 Å². The molecule has 17 heavy (non-hydrogen) atoms. The van der Waals surface area contributed by atoms with E-state index in [-0.39, 0.29) is 0 Å². The van der Waals surface area contributed by atoms with Crippen LogP contribution >= 0.6 is 0 Å². The number of rotatable bonds is 8. The summed E-state index contributed by atoms with van der Waals surface area (Å²) in [7, 11) is 1.50. The van der Waals surface area contributed by atoms with Crippen molar-refractivity contribution in [3.05, 3.63) is 35.9 Å². The molecule has 0 fully saturated rings. The Hall–Kier alpha value is -1.39. The maximum Gasteiger partial charge on any atom is 0.106 e. The minimum absolute atomic E-state index is 0.343. The number of hydrogen-bond donors (Lipinski definition) is 1. The molecule has 1 atom stereocenters. The van der Waals surface area contributed by atoms with Crippen LogP contribution in [-0.2, 0) is 16.2 Å². The zero-order chi connectivity index (χ0) is 12.3. The predicted octanol–water partition coefficient (Wildman–Crippen LogP) is 1.98. The summed E-state index contributed by atoms with van der Waals surface area (Å²) < 4.78 is 5.41. The minimum Gasteiger partial charge on any atom is -0.399 e. The lowest BCUT2D eigenvalue weighted by Gasteiger charge is -2.09. The second-order valence-electron chi connectivity index (χ2n) is 3.70. The third-order valence-electron chi connectivity index (χ3n) is 2.23. The van der Waals surface area contributed by atoms with Gasteiger partial charge in [0.25, 0.3) is 0 Å². The lowest BCUT2D eigenvalue weighted by atomic mass is 10.2. The average Bonchev–Trinajstić information content (AvgIpc) is 2.36. The molecule has 0 radical (unpaired) electrons. The number of nitrogens with zero attached hydrogens (tertiary/aromatic N) is 1. The van der Waals surface area contributed by atoms with Gasteiger partial charge in [0, 0.05) is 6.21 Å². The van der Waals surface area contributed by atoms with Crippen molar-refractivity contribution < 1.29 is 14.7 Å². The number of ether oxygens (including phenoxy) is 1. The van der Waals surface area contributed by atoms with E-state index in [1.807, 2.05) is 30.3 Å². The van der Waals surface area contributed by atoms with Crippen molar-refractivity contribution in [1.29, 1.82) is 0 Å². The first kappa shape index (κ1) is 13.7. The molecule has 0 aliphatic rings. The average molecular weight is 237 g/mol. The highest BCUT2D eigenvalue weighted by molar-refractivity contribution is 5.56. The minimum atomic E-state index is -0.456. The normalized spacial score (nSPS) is 12.8. The summed E-state index contributed by atoms with van der Waals surface area (Å²) in [5.41, 5.74) is 1.11. The molecule has 1 aromatic carbocycles. The first-order chi connectivity index (χ1) is 8.33. The van der Waals surface area contributed by atoms with Crippen LogP contribution in [0.4, 0.5) is 0 Å². The van der Waals surface area contributed by atoms with E-state index >= 15 is 0 Å². The zero-order valence-electron chi connectivity index (χ0n) is 10.1. The van der Waals surface area contributed by atoms with Gasteiger partial charge in [0.15, 0.2) is 0 Å². The van der Waals surface area contributed by atoms with Gasteiger partial charge in [-0.3, -0.25) is 0 Å². The van der Waals surface area contributed by atoms with Crippen molar-refractivity contribution in [2.75, 3.05) is 13.7 Å². The highest BCUT2D eigenvalue weighted by atomic mass is 16.6. The van der Waals surface area contributed by atoms with Crippen molar-refractivity contribution in [3.63, 3.8) is 0 Å². The SMILES string of the molecule is CON=CCCC(O)COCc1ccccc1. The molecule has 1 unspecified atom stereocenters. The second kappa shape index (κ2) is 8.73. The van der Waals surface area contributed by atoms with Gasteiger partial charge >= 0.3 is 0 Å². The molecule has 1 N–H and O–H groups in total. The molecule has 94 valence electrons. The molecule has 0 bridgehead atoms. The highest BCUT2D eigenvalue weighted by Crippen LogP contribution is 2.02. The van der Waals surface area contributed by atoms with Gasteiger partial charge in [0.2, 0.25) is 0 Å². The van der Waals surface area contributed by atoms with E-state index < -0.39 is 6.10 Å². The standard InChI is InChI=1S/C13H19NO3/c1-16-14-9-5-8-13(15)11-17-10-12-6-3-2-4-7-12/h2-4,6-7,9,13,15H,5,8,10-11H2,1H3. The largest absolute Gasteiger partial charge is 0.399 e. The van der Waals surface area contributed by atoms with E-state index in [4.69, 9.17) is 4.74 Å². The summed E-state index contributed by atoms with van der Waals surface area (Å²) in [5.74, 6) is 0. The van der Waals surface area contributed by atoms with E-state index in [1.54, 1.807) is 6.21 Å². The molecule has 0 aliphatic heterocycles. The molecule has 0 saturated carbocycles. The van der Waals surface area contributed by atoms with Crippen LogP contribution in [0.5, 0.6) is 0 Å². The number of aliphatic hydroxyl groups is 1. The molecule has 0 aliphatic carbocycles. The van der Waals surface area contributed by atoms with Gasteiger partial charge < -0.3 is 14.7 Å². The Morgan fingerprint density at radius 2 is 2.12 bits per heavy atom. The molecule has 0 heterocycles. The number of oxime groups is 1. The summed E-state index contributed by atoms with van der Waals surface area (Å²) in [6, 6.07) is 9.90. The smallest absolute Gasteiger partial charge is 0.106 e. The Kier molecular flexibility index (Phi) is 7.02. The molecule has 0 aromatic heterocycles. The lowest BCUT2D eigenvalue weighted by molar-refractivity contribution is 0.0256. The maximum absolute atomic E-state index is 9.60. The van der Waals surface area contributed by atoms with Gasteiger partial charge in [-0.25, -0.2) is 0 Å². The van der Waals surface area contributed by atoms with Gasteiger partial charge in [-0.1, -0.05) is 35.5 Å². The van der Waals surface area contributed by atoms with Crippen LogP contribution in [0.3, 0.4) is 0 Å². The number of hydrogen-bond acceptors (Lipinski definition) is 4. The van der Waals surface area contributed by atoms with E-state index in [0.717, 1.165) is 5.56 Å². The topological polar surface area (TPSA) is 51.0 Å². The third-order valence-corrected chi connectivity index (χ3v) is 2.23. The highest BCUT2D eigenvalue weighted by Gasteiger charge is 2.03. The summed E-state index contributed by atoms with van der Waals surface area (Å²) in [4.78, 5) is 4.52. The summed E-state index contributed by atoms with van der Waals surface area (Å²) in [6.07, 6.45) is 2.49. The first-order valence-corrected chi connectivity index (χ1v) is 5.67. The molecule has 4 heteroatoms. The molecular weight excluding hydrogens is 218 g/mol. The van der Waals surface area contributed by atoms with Crippen LogP contribution < -0.4 is 0 Å². The van der Waals surface area contributed by atoms with E-state index in [9.17, 15) is 5.11 Å². The molecule has 0 amide bonds. The Balaban J connectivity index is 2.08. The monoisotopic (exact) mass is 237 g/mol. The molecule has 1 aromatic rings. The van der Waals surface area contributed by atoms with Crippen LogP contribution in [0.1, 0.15) is 18.4 Å². The number of benzene rings is 1. The Bertz CT molecular complexity index is 314. The molecule has 4 nitrogen and oxygen atoms in total. The molecule has 1 rings (SSSR count). The molecule has 0 saturated heterocycles. The summed E-state index contributed by atoms with van der Waals surface area (Å²) in [6.45, 7) is 0.875. The van der Waals surface area contributed by atoms with Crippen molar-refractivity contribution in [1.82, 2.24) is 0 Å². The number of aliphatic hydroxyl groups excluding tert-OH is 1. The molecule has 0 spiro atoms. The fourth-order valence-electron chi connectivity index (χ4n) is 1.36. The van der Waals surface area contributed by atoms with E-state index in [0.29, 0.717) is 26.1 Å². The summed E-state index contributed by atoms with van der Waals surface area (Å²) in [5, 5.41) is 13.2. The van der Waals surface area contributed by atoms with Crippen LogP contribution in [0.15, 0.2) is 35.5 Å². The van der Waals surface area contributed by atoms with Crippen LogP contribution in [0.2, 0.25) is 0 Å². The van der Waals surface area contributed by atoms with Crippen LogP contribution in [0, 0.1) is 0 Å². The predicted molar refractivity (Wildman–Crippen MR) is 66.8 cm³/mol. The van der Waals surface area contributed by atoms with Crippen molar-refractivity contribution >= 4 is 6.21 Å². The fraction of sp³-hybridized carbons (Fsp3) is 0.462. The Morgan fingerprint density at radius 1 is 1.35 bits per heavy atom. The fourth-order valence-corrected chi connectivity index (χ4v) is 1.36. The van der Waals surface area contributed by atoms with Crippen molar-refractivity contribution in [2.24, 2.45) is 5.16 Å². The van der Waals surface area contributed by atoms with Gasteiger partial charge in [-0.05, 0) is 18.4 Å². The summed E-state index contributed by atoms with van der Waals surface area (Å²) >= 11 is 0. The zero-order valence-corrected chi connectivity index (χ0v) is 10.1. The van der Waals surface area contributed by atoms with Gasteiger partial charge in [0.05, 0.1) is 19.3 Å². The Morgan fingerprint density at radius 3 is 2.82 bits per heavy atom. The van der Waals surface area contributed by atoms with Crippen molar-refractivity contribution in [3.8, 4) is 0 Å². The van der Waals surface area contributed by atoms with E-state index in [2.05, 4.69) is 9.99 Å². The van der Waals surface area contributed by atoms with Gasteiger partial charge in [-0.2, -0.15) is 0 Å². The van der Waals surface area contributed by atoms with Gasteiger partial charge in [-0.15, -0.1) is 0 Å².